The van der Waals surface area contributed by atoms with Crippen molar-refractivity contribution in [3.63, 3.8) is 0 Å². The first kappa shape index (κ1) is 22.9. The molecule has 0 radical (unpaired) electrons. The van der Waals surface area contributed by atoms with Gasteiger partial charge in [-0.15, -0.1) is 0 Å². The molecule has 32 heavy (non-hydrogen) atoms. The van der Waals surface area contributed by atoms with Gasteiger partial charge in [-0.3, -0.25) is 4.79 Å². The summed E-state index contributed by atoms with van der Waals surface area (Å²) in [6, 6.07) is 18.1. The number of hydrogen-bond acceptors (Lipinski definition) is 5. The predicted octanol–water partition coefficient (Wildman–Crippen LogP) is 4.55. The second-order valence-electron chi connectivity index (χ2n) is 8.59. The molecule has 6 heteroatoms. The summed E-state index contributed by atoms with van der Waals surface area (Å²) < 4.78 is 3.97. The summed E-state index contributed by atoms with van der Waals surface area (Å²) in [5, 5.41) is 0. The van der Waals surface area contributed by atoms with Gasteiger partial charge >= 0.3 is 5.97 Å². The molecule has 2 aromatic rings. The van der Waals surface area contributed by atoms with Crippen LogP contribution in [0.3, 0.4) is 0 Å². The number of amides is 1. The van der Waals surface area contributed by atoms with E-state index in [1.807, 2.05) is 47.4 Å². The highest BCUT2D eigenvalue weighted by atomic mass is 32.2. The molecule has 0 N–H and O–H groups in total. The number of hydrogen-bond donors (Lipinski definition) is 0. The SMILES string of the molecule is COC(=O)C1(CCCc2ccccc2)Sc2ccccc2N(CCN2CCCCC2)C1=O. The largest absolute Gasteiger partial charge is 0.468 e. The van der Waals surface area contributed by atoms with Gasteiger partial charge in [0, 0.05) is 18.0 Å². The molecule has 2 heterocycles. The van der Waals surface area contributed by atoms with Crippen molar-refractivity contribution < 1.29 is 14.3 Å². The van der Waals surface area contributed by atoms with Crippen LogP contribution in [0.5, 0.6) is 0 Å². The number of methoxy groups -OCH3 is 1. The Morgan fingerprint density at radius 2 is 1.72 bits per heavy atom. The molecule has 2 aliphatic heterocycles. The van der Waals surface area contributed by atoms with Crippen molar-refractivity contribution in [2.75, 3.05) is 38.2 Å². The van der Waals surface area contributed by atoms with Gasteiger partial charge in [-0.25, -0.2) is 4.79 Å². The minimum atomic E-state index is -1.24. The number of carbonyl (C=O) groups is 2. The summed E-state index contributed by atoms with van der Waals surface area (Å²) in [6.07, 6.45) is 5.72. The van der Waals surface area contributed by atoms with Gasteiger partial charge < -0.3 is 14.5 Å². The molecular weight excluding hydrogens is 420 g/mol. The van der Waals surface area contributed by atoms with Crippen LogP contribution in [0.2, 0.25) is 0 Å². The molecule has 0 saturated carbocycles. The highest BCUT2D eigenvalue weighted by molar-refractivity contribution is 8.02. The zero-order valence-corrected chi connectivity index (χ0v) is 19.6. The van der Waals surface area contributed by atoms with Crippen molar-refractivity contribution in [2.45, 2.75) is 48.2 Å². The summed E-state index contributed by atoms with van der Waals surface area (Å²) in [4.78, 5) is 32.2. The lowest BCUT2D eigenvalue weighted by Crippen LogP contribution is -2.56. The first-order valence-corrected chi connectivity index (χ1v) is 12.4. The van der Waals surface area contributed by atoms with Crippen LogP contribution < -0.4 is 4.90 Å². The summed E-state index contributed by atoms with van der Waals surface area (Å²) >= 11 is 1.37. The number of rotatable bonds is 8. The van der Waals surface area contributed by atoms with Crippen molar-refractivity contribution >= 4 is 29.3 Å². The maximum Gasteiger partial charge on any atom is 0.332 e. The predicted molar refractivity (Wildman–Crippen MR) is 129 cm³/mol. The number of para-hydroxylation sites is 1. The molecule has 0 aliphatic carbocycles. The Labute approximate surface area is 195 Å². The van der Waals surface area contributed by atoms with Crippen molar-refractivity contribution in [3.05, 3.63) is 60.2 Å². The van der Waals surface area contributed by atoms with E-state index in [-0.39, 0.29) is 5.91 Å². The number of thioether (sulfide) groups is 1. The number of nitrogens with zero attached hydrogens (tertiary/aromatic N) is 2. The molecule has 0 spiro atoms. The Bertz CT molecular complexity index is 930. The molecular formula is C26H32N2O3S. The van der Waals surface area contributed by atoms with Crippen LogP contribution in [0.1, 0.15) is 37.7 Å². The van der Waals surface area contributed by atoms with Crippen LogP contribution in [0, 0.1) is 0 Å². The molecule has 0 bridgehead atoms. The lowest BCUT2D eigenvalue weighted by atomic mass is 9.96. The van der Waals surface area contributed by atoms with Crippen molar-refractivity contribution in [3.8, 4) is 0 Å². The number of benzene rings is 2. The second kappa shape index (κ2) is 10.5. The summed E-state index contributed by atoms with van der Waals surface area (Å²) in [6.45, 7) is 3.58. The third kappa shape index (κ3) is 4.86. The monoisotopic (exact) mass is 452 g/mol. The number of aryl methyl sites for hydroxylation is 1. The second-order valence-corrected chi connectivity index (χ2v) is 9.93. The summed E-state index contributed by atoms with van der Waals surface area (Å²) in [5.41, 5.74) is 2.12. The third-order valence-electron chi connectivity index (χ3n) is 6.47. The molecule has 170 valence electrons. The molecule has 1 atom stereocenters. The quantitative estimate of drug-likeness (QED) is 0.435. The molecule has 2 aromatic carbocycles. The van der Waals surface area contributed by atoms with E-state index in [1.165, 1.54) is 43.7 Å². The van der Waals surface area contributed by atoms with Gasteiger partial charge in [0.15, 0.2) is 4.75 Å². The van der Waals surface area contributed by atoms with Gasteiger partial charge in [-0.1, -0.05) is 60.6 Å². The van der Waals surface area contributed by atoms with Gasteiger partial charge in [0.25, 0.3) is 5.91 Å². The van der Waals surface area contributed by atoms with Crippen LogP contribution in [-0.2, 0) is 20.7 Å². The standard InChI is InChI=1S/C26H32N2O3S/c1-31-25(30)26(16-10-13-21-11-4-2-5-12-21)24(29)28(20-19-27-17-8-3-9-18-27)22-14-6-7-15-23(22)32-26/h2,4-7,11-12,14-15H,3,8-10,13,16-20H2,1H3. The number of ether oxygens (including phenoxy) is 1. The normalized spacial score (nSPS) is 21.3. The minimum absolute atomic E-state index is 0.141. The van der Waals surface area contributed by atoms with Crippen LogP contribution in [0.15, 0.2) is 59.5 Å². The molecule has 4 rings (SSSR count). The fourth-order valence-electron chi connectivity index (χ4n) is 4.71. The Morgan fingerprint density at radius 3 is 2.47 bits per heavy atom. The zero-order valence-electron chi connectivity index (χ0n) is 18.8. The molecule has 1 saturated heterocycles. The zero-order chi connectivity index (χ0) is 22.4. The van der Waals surface area contributed by atoms with Gasteiger partial charge in [-0.2, -0.15) is 0 Å². The third-order valence-corrected chi connectivity index (χ3v) is 7.93. The van der Waals surface area contributed by atoms with Gasteiger partial charge in [-0.05, 0) is 62.9 Å². The number of anilines is 1. The van der Waals surface area contributed by atoms with Crippen LogP contribution in [0.4, 0.5) is 5.69 Å². The van der Waals surface area contributed by atoms with Crippen LogP contribution >= 0.6 is 11.8 Å². The molecule has 1 unspecified atom stereocenters. The first-order valence-electron chi connectivity index (χ1n) is 11.6. The number of likely N-dealkylation sites (tertiary alicyclic amines) is 1. The van der Waals surface area contributed by atoms with E-state index in [4.69, 9.17) is 4.74 Å². The maximum atomic E-state index is 13.9. The summed E-state index contributed by atoms with van der Waals surface area (Å²) in [7, 11) is 1.38. The van der Waals surface area contributed by atoms with Gasteiger partial charge in [0.2, 0.25) is 0 Å². The number of fused-ring (bicyclic) bond motifs is 1. The van der Waals surface area contributed by atoms with Crippen LogP contribution in [-0.4, -0.2) is 54.8 Å². The lowest BCUT2D eigenvalue weighted by Gasteiger charge is -2.41. The Balaban J connectivity index is 1.57. The number of esters is 1. The molecule has 0 aromatic heterocycles. The smallest absolute Gasteiger partial charge is 0.332 e. The van der Waals surface area contributed by atoms with Crippen LogP contribution in [0.25, 0.3) is 0 Å². The van der Waals surface area contributed by atoms with E-state index in [1.54, 1.807) is 0 Å². The summed E-state index contributed by atoms with van der Waals surface area (Å²) in [5.74, 6) is -0.587. The lowest BCUT2D eigenvalue weighted by molar-refractivity contribution is -0.147. The number of carbonyl (C=O) groups excluding carboxylic acids is 2. The fourth-order valence-corrected chi connectivity index (χ4v) is 6.13. The molecule has 1 amide bonds. The van der Waals surface area contributed by atoms with Gasteiger partial charge in [0.1, 0.15) is 0 Å². The Hall–Kier alpha value is -2.31. The van der Waals surface area contributed by atoms with E-state index >= 15 is 0 Å². The fraction of sp³-hybridized carbons (Fsp3) is 0.462. The van der Waals surface area contributed by atoms with E-state index in [2.05, 4.69) is 17.0 Å². The number of piperidine rings is 1. The maximum absolute atomic E-state index is 13.9. The van der Waals surface area contributed by atoms with E-state index in [0.29, 0.717) is 13.0 Å². The highest BCUT2D eigenvalue weighted by Crippen LogP contribution is 2.48. The van der Waals surface area contributed by atoms with E-state index in [9.17, 15) is 9.59 Å². The Morgan fingerprint density at radius 1 is 1.00 bits per heavy atom. The Kier molecular flexibility index (Phi) is 7.53. The first-order chi connectivity index (χ1) is 15.6. The molecule has 2 aliphatic rings. The van der Waals surface area contributed by atoms with E-state index in [0.717, 1.165) is 43.1 Å². The van der Waals surface area contributed by atoms with Gasteiger partial charge in [0.05, 0.1) is 12.8 Å². The van der Waals surface area contributed by atoms with Crippen molar-refractivity contribution in [1.29, 1.82) is 0 Å². The molecule has 1 fully saturated rings. The topological polar surface area (TPSA) is 49.9 Å². The van der Waals surface area contributed by atoms with E-state index < -0.39 is 10.7 Å². The highest BCUT2D eigenvalue weighted by Gasteiger charge is 2.53. The van der Waals surface area contributed by atoms with Crippen molar-refractivity contribution in [2.24, 2.45) is 0 Å². The minimum Gasteiger partial charge on any atom is -0.468 e. The average Bonchev–Trinajstić information content (AvgIpc) is 2.84. The molecule has 5 nitrogen and oxygen atoms in total. The average molecular weight is 453 g/mol. The van der Waals surface area contributed by atoms with Crippen molar-refractivity contribution in [1.82, 2.24) is 4.90 Å².